The summed E-state index contributed by atoms with van der Waals surface area (Å²) in [6.45, 7) is 6.93. The van der Waals surface area contributed by atoms with E-state index in [0.29, 0.717) is 26.2 Å². The van der Waals surface area contributed by atoms with Gasteiger partial charge in [-0.1, -0.05) is 62.4 Å². The summed E-state index contributed by atoms with van der Waals surface area (Å²) < 4.78 is 2.15. The van der Waals surface area contributed by atoms with Gasteiger partial charge in [0.1, 0.15) is 0 Å². The second-order valence-electron chi connectivity index (χ2n) is 7.95. The Morgan fingerprint density at radius 1 is 0.862 bits per heavy atom. The third kappa shape index (κ3) is 3.90. The van der Waals surface area contributed by atoms with Crippen LogP contribution in [0.1, 0.15) is 29.8 Å². The third-order valence-corrected chi connectivity index (χ3v) is 5.59. The highest BCUT2D eigenvalue weighted by molar-refractivity contribution is 6.07. The molecule has 0 spiro atoms. The molecule has 0 radical (unpaired) electrons. The fraction of sp³-hybridized carbons (Fsp3) is 0.333. The van der Waals surface area contributed by atoms with Crippen molar-refractivity contribution in [1.29, 1.82) is 0 Å². The molecule has 29 heavy (non-hydrogen) atoms. The molecule has 1 aromatic heterocycles. The number of hydrogen-bond acceptors (Lipinski definition) is 2. The molecule has 2 heterocycles. The first-order chi connectivity index (χ1) is 14.0. The summed E-state index contributed by atoms with van der Waals surface area (Å²) in [6.07, 6.45) is 1.98. The first kappa shape index (κ1) is 19.2. The maximum atomic E-state index is 13.3. The van der Waals surface area contributed by atoms with Crippen molar-refractivity contribution < 1.29 is 9.59 Å². The molecule has 0 atom stereocenters. The highest BCUT2D eigenvalue weighted by atomic mass is 16.2. The number of amides is 2. The van der Waals surface area contributed by atoms with Gasteiger partial charge in [0.15, 0.2) is 0 Å². The van der Waals surface area contributed by atoms with Crippen molar-refractivity contribution in [3.05, 3.63) is 71.9 Å². The summed E-state index contributed by atoms with van der Waals surface area (Å²) in [5.74, 6) is 0.203. The predicted molar refractivity (Wildman–Crippen MR) is 115 cm³/mol. The van der Waals surface area contributed by atoms with Crippen LogP contribution in [0.25, 0.3) is 10.9 Å². The van der Waals surface area contributed by atoms with Gasteiger partial charge in [0.25, 0.3) is 5.91 Å². The quantitative estimate of drug-likeness (QED) is 0.684. The van der Waals surface area contributed by atoms with Crippen LogP contribution in [0.15, 0.2) is 60.8 Å². The molecule has 1 saturated heterocycles. The lowest BCUT2D eigenvalue weighted by Gasteiger charge is -2.35. The van der Waals surface area contributed by atoms with E-state index in [0.717, 1.165) is 23.0 Å². The van der Waals surface area contributed by atoms with Crippen LogP contribution in [0, 0.1) is 5.92 Å². The molecule has 0 N–H and O–H groups in total. The zero-order chi connectivity index (χ0) is 20.4. The van der Waals surface area contributed by atoms with E-state index in [-0.39, 0.29) is 17.7 Å². The smallest absolute Gasteiger partial charge is 0.256 e. The van der Waals surface area contributed by atoms with Crippen LogP contribution >= 0.6 is 0 Å². The zero-order valence-electron chi connectivity index (χ0n) is 17.0. The van der Waals surface area contributed by atoms with E-state index in [2.05, 4.69) is 22.8 Å². The van der Waals surface area contributed by atoms with E-state index in [1.807, 2.05) is 66.2 Å². The largest absolute Gasteiger partial charge is 0.342 e. The number of carbonyl (C=O) groups excluding carboxylic acids is 2. The van der Waals surface area contributed by atoms with Crippen molar-refractivity contribution in [2.24, 2.45) is 5.92 Å². The Hall–Kier alpha value is -3.08. The molecular weight excluding hydrogens is 362 g/mol. The number of benzene rings is 2. The van der Waals surface area contributed by atoms with Gasteiger partial charge in [0, 0.05) is 55.7 Å². The Bertz CT molecular complexity index is 1020. The van der Waals surface area contributed by atoms with E-state index in [9.17, 15) is 9.59 Å². The van der Waals surface area contributed by atoms with Crippen molar-refractivity contribution in [3.63, 3.8) is 0 Å². The lowest BCUT2D eigenvalue weighted by Crippen LogP contribution is -2.51. The van der Waals surface area contributed by atoms with Crippen LogP contribution in [0.3, 0.4) is 0 Å². The fourth-order valence-electron chi connectivity index (χ4n) is 3.99. The van der Waals surface area contributed by atoms with E-state index in [4.69, 9.17) is 0 Å². The summed E-state index contributed by atoms with van der Waals surface area (Å²) >= 11 is 0. The van der Waals surface area contributed by atoms with Crippen molar-refractivity contribution >= 4 is 22.7 Å². The molecule has 2 amide bonds. The van der Waals surface area contributed by atoms with Gasteiger partial charge in [-0.15, -0.1) is 0 Å². The van der Waals surface area contributed by atoms with Crippen LogP contribution < -0.4 is 0 Å². The van der Waals surface area contributed by atoms with E-state index in [1.165, 1.54) is 5.56 Å². The third-order valence-electron chi connectivity index (χ3n) is 5.59. The van der Waals surface area contributed by atoms with Crippen molar-refractivity contribution in [1.82, 2.24) is 14.4 Å². The van der Waals surface area contributed by atoms with Crippen LogP contribution in [0.5, 0.6) is 0 Å². The Balaban J connectivity index is 1.56. The molecule has 3 aromatic rings. The van der Waals surface area contributed by atoms with Crippen molar-refractivity contribution in [2.75, 3.05) is 26.2 Å². The average Bonchev–Trinajstić information content (AvgIpc) is 3.12. The molecule has 5 nitrogen and oxygen atoms in total. The van der Waals surface area contributed by atoms with Gasteiger partial charge in [-0.25, -0.2) is 0 Å². The highest BCUT2D eigenvalue weighted by Crippen LogP contribution is 2.24. The monoisotopic (exact) mass is 389 g/mol. The molecule has 1 fully saturated rings. The SMILES string of the molecule is CC(C)C(=O)N1CCN(C(=O)c2cn(Cc3ccccc3)c3ccccc23)CC1. The summed E-state index contributed by atoms with van der Waals surface area (Å²) in [7, 11) is 0. The minimum Gasteiger partial charge on any atom is -0.342 e. The highest BCUT2D eigenvalue weighted by Gasteiger charge is 2.27. The maximum Gasteiger partial charge on any atom is 0.256 e. The minimum atomic E-state index is -0.00628. The summed E-state index contributed by atoms with van der Waals surface area (Å²) in [4.78, 5) is 29.3. The van der Waals surface area contributed by atoms with Gasteiger partial charge in [-0.2, -0.15) is 0 Å². The van der Waals surface area contributed by atoms with Gasteiger partial charge in [-0.05, 0) is 11.6 Å². The van der Waals surface area contributed by atoms with Gasteiger partial charge >= 0.3 is 0 Å². The molecule has 2 aromatic carbocycles. The van der Waals surface area contributed by atoms with Crippen LogP contribution in [-0.2, 0) is 11.3 Å². The maximum absolute atomic E-state index is 13.3. The van der Waals surface area contributed by atoms with E-state index in [1.54, 1.807) is 0 Å². The molecule has 4 rings (SSSR count). The van der Waals surface area contributed by atoms with Crippen LogP contribution in [-0.4, -0.2) is 52.4 Å². The number of rotatable bonds is 4. The molecule has 1 aliphatic rings. The molecule has 0 bridgehead atoms. The number of piperazine rings is 1. The van der Waals surface area contributed by atoms with Crippen molar-refractivity contribution in [2.45, 2.75) is 20.4 Å². The average molecular weight is 389 g/mol. The first-order valence-electron chi connectivity index (χ1n) is 10.2. The lowest BCUT2D eigenvalue weighted by molar-refractivity contribution is -0.135. The summed E-state index contributed by atoms with van der Waals surface area (Å²) in [5, 5.41) is 0.981. The second-order valence-corrected chi connectivity index (χ2v) is 7.95. The Morgan fingerprint density at radius 2 is 1.48 bits per heavy atom. The Labute approximate surface area is 171 Å². The lowest BCUT2D eigenvalue weighted by atomic mass is 10.1. The molecule has 0 unspecified atom stereocenters. The Morgan fingerprint density at radius 3 is 2.17 bits per heavy atom. The molecule has 0 aliphatic carbocycles. The number of fused-ring (bicyclic) bond motifs is 1. The standard InChI is InChI=1S/C24H27N3O2/c1-18(2)23(28)25-12-14-26(15-13-25)24(29)21-17-27(16-19-8-4-3-5-9-19)22-11-7-6-10-20(21)22/h3-11,17-18H,12-16H2,1-2H3. The van der Waals surface area contributed by atoms with Gasteiger partial charge in [0.2, 0.25) is 5.91 Å². The minimum absolute atomic E-state index is 0.00628. The number of aromatic nitrogens is 1. The fourth-order valence-corrected chi connectivity index (χ4v) is 3.99. The number of hydrogen-bond donors (Lipinski definition) is 0. The Kier molecular flexibility index (Phi) is 5.38. The number of para-hydroxylation sites is 1. The van der Waals surface area contributed by atoms with Crippen molar-refractivity contribution in [3.8, 4) is 0 Å². The van der Waals surface area contributed by atoms with Gasteiger partial charge in [0.05, 0.1) is 5.56 Å². The number of nitrogens with zero attached hydrogens (tertiary/aromatic N) is 3. The van der Waals surface area contributed by atoms with E-state index < -0.39 is 0 Å². The van der Waals surface area contributed by atoms with Crippen LogP contribution in [0.2, 0.25) is 0 Å². The molecule has 5 heteroatoms. The van der Waals surface area contributed by atoms with Gasteiger partial charge in [-0.3, -0.25) is 9.59 Å². The molecule has 0 saturated carbocycles. The topological polar surface area (TPSA) is 45.6 Å². The zero-order valence-corrected chi connectivity index (χ0v) is 17.0. The molecule has 150 valence electrons. The van der Waals surface area contributed by atoms with Gasteiger partial charge < -0.3 is 14.4 Å². The molecular formula is C24H27N3O2. The normalized spacial score (nSPS) is 14.6. The van der Waals surface area contributed by atoms with E-state index >= 15 is 0 Å². The molecule has 1 aliphatic heterocycles. The first-order valence-corrected chi connectivity index (χ1v) is 10.2. The predicted octanol–water partition coefficient (Wildman–Crippen LogP) is 3.63. The summed E-state index contributed by atoms with van der Waals surface area (Å²) in [6, 6.07) is 18.3. The van der Waals surface area contributed by atoms with Crippen LogP contribution in [0.4, 0.5) is 0 Å². The number of carbonyl (C=O) groups is 2. The summed E-state index contributed by atoms with van der Waals surface area (Å²) in [5.41, 5.74) is 3.00. The second kappa shape index (κ2) is 8.11.